The SMILES string of the molecule is CCCCOC(=O)N1CCN(C(=O)[C@H](CP(=O)(O)OCOC(C)=O)NC(=O)c2cc(N3CC[C@H](OC)C3)nc(-c3ccccc3)n2)CC1. The molecule has 0 bridgehead atoms. The zero-order chi connectivity index (χ0) is 34.7. The van der Waals surface area contributed by atoms with Crippen molar-refractivity contribution in [2.24, 2.45) is 0 Å². The monoisotopic (exact) mass is 690 g/mol. The molecule has 3 atom stereocenters. The van der Waals surface area contributed by atoms with E-state index in [-0.39, 0.29) is 43.8 Å². The zero-order valence-electron chi connectivity index (χ0n) is 27.4. The van der Waals surface area contributed by atoms with E-state index in [0.29, 0.717) is 31.1 Å². The molecule has 4 rings (SSSR count). The maximum absolute atomic E-state index is 13.8. The second-order valence-corrected chi connectivity index (χ2v) is 13.3. The Morgan fingerprint density at radius 2 is 1.75 bits per heavy atom. The van der Waals surface area contributed by atoms with Crippen LogP contribution in [0.3, 0.4) is 0 Å². The summed E-state index contributed by atoms with van der Waals surface area (Å²) in [5, 5.41) is 2.58. The summed E-state index contributed by atoms with van der Waals surface area (Å²) in [6.07, 6.45) is 1.06. The summed E-state index contributed by atoms with van der Waals surface area (Å²) in [5.74, 6) is -1.41. The van der Waals surface area contributed by atoms with Crippen LogP contribution >= 0.6 is 7.60 Å². The summed E-state index contributed by atoms with van der Waals surface area (Å²) in [6.45, 7) is 4.30. The predicted octanol–water partition coefficient (Wildman–Crippen LogP) is 2.27. The second kappa shape index (κ2) is 17.3. The highest BCUT2D eigenvalue weighted by Crippen LogP contribution is 2.42. The van der Waals surface area contributed by atoms with Gasteiger partial charge in [-0.3, -0.25) is 23.5 Å². The van der Waals surface area contributed by atoms with E-state index < -0.39 is 50.5 Å². The Balaban J connectivity index is 1.56. The van der Waals surface area contributed by atoms with E-state index in [4.69, 9.17) is 19.0 Å². The molecule has 48 heavy (non-hydrogen) atoms. The highest BCUT2D eigenvalue weighted by Gasteiger charge is 2.37. The summed E-state index contributed by atoms with van der Waals surface area (Å²) in [6, 6.07) is 9.04. The number of amides is 3. The van der Waals surface area contributed by atoms with Gasteiger partial charge < -0.3 is 39.1 Å². The molecule has 1 aromatic carbocycles. The number of aromatic nitrogens is 2. The minimum absolute atomic E-state index is 0.0104. The Morgan fingerprint density at radius 3 is 2.40 bits per heavy atom. The first kappa shape index (κ1) is 36.7. The molecule has 2 aromatic rings. The van der Waals surface area contributed by atoms with Gasteiger partial charge in [-0.25, -0.2) is 14.8 Å². The fourth-order valence-electron chi connectivity index (χ4n) is 5.18. The van der Waals surface area contributed by atoms with Gasteiger partial charge in [0.25, 0.3) is 5.91 Å². The number of nitrogens with one attached hydrogen (secondary N) is 1. The van der Waals surface area contributed by atoms with Crippen molar-refractivity contribution in [3.05, 3.63) is 42.1 Å². The van der Waals surface area contributed by atoms with Gasteiger partial charge in [-0.15, -0.1) is 0 Å². The molecular formula is C31H43N6O10P. The van der Waals surface area contributed by atoms with Gasteiger partial charge >= 0.3 is 19.7 Å². The van der Waals surface area contributed by atoms with Crippen LogP contribution in [0.1, 0.15) is 43.6 Å². The molecule has 2 aliphatic rings. The third kappa shape index (κ3) is 10.4. The number of ether oxygens (including phenoxy) is 3. The molecule has 2 N–H and O–H groups in total. The average molecular weight is 691 g/mol. The van der Waals surface area contributed by atoms with Gasteiger partial charge in [0.15, 0.2) is 5.82 Å². The lowest BCUT2D eigenvalue weighted by atomic mass is 10.2. The van der Waals surface area contributed by atoms with E-state index in [9.17, 15) is 28.6 Å². The van der Waals surface area contributed by atoms with Crippen LogP contribution in [0.15, 0.2) is 36.4 Å². The summed E-state index contributed by atoms with van der Waals surface area (Å²) in [4.78, 5) is 75.8. The summed E-state index contributed by atoms with van der Waals surface area (Å²) >= 11 is 0. The summed E-state index contributed by atoms with van der Waals surface area (Å²) < 4.78 is 33.3. The molecule has 0 radical (unpaired) electrons. The van der Waals surface area contributed by atoms with Gasteiger partial charge in [0.05, 0.1) is 18.9 Å². The molecule has 2 fully saturated rings. The highest BCUT2D eigenvalue weighted by atomic mass is 31.2. The Bertz CT molecular complexity index is 1470. The lowest BCUT2D eigenvalue weighted by Gasteiger charge is -2.36. The van der Waals surface area contributed by atoms with E-state index in [2.05, 4.69) is 15.0 Å². The van der Waals surface area contributed by atoms with Crippen LogP contribution in [-0.2, 0) is 32.9 Å². The third-order valence-electron chi connectivity index (χ3n) is 7.89. The van der Waals surface area contributed by atoms with Gasteiger partial charge in [0.1, 0.15) is 17.6 Å². The van der Waals surface area contributed by atoms with E-state index in [1.165, 1.54) is 15.9 Å². The van der Waals surface area contributed by atoms with Crippen LogP contribution in [0.25, 0.3) is 11.4 Å². The Kier molecular flexibility index (Phi) is 13.3. The van der Waals surface area contributed by atoms with Crippen LogP contribution in [0, 0.1) is 0 Å². The minimum Gasteiger partial charge on any atom is -0.449 e. The second-order valence-electron chi connectivity index (χ2n) is 11.4. The van der Waals surface area contributed by atoms with Crippen LogP contribution in [0.4, 0.5) is 10.6 Å². The molecule has 2 aliphatic heterocycles. The lowest BCUT2D eigenvalue weighted by molar-refractivity contribution is -0.147. The molecule has 0 aliphatic carbocycles. The topological polar surface area (TPSA) is 190 Å². The fourth-order valence-corrected chi connectivity index (χ4v) is 6.21. The molecule has 16 nitrogen and oxygen atoms in total. The number of benzene rings is 1. The van der Waals surface area contributed by atoms with Crippen molar-refractivity contribution in [1.82, 2.24) is 25.1 Å². The Labute approximate surface area is 279 Å². The first-order valence-electron chi connectivity index (χ1n) is 15.8. The molecule has 0 spiro atoms. The van der Waals surface area contributed by atoms with Gasteiger partial charge in [-0.05, 0) is 12.8 Å². The van der Waals surface area contributed by atoms with Crippen molar-refractivity contribution < 1.29 is 47.4 Å². The number of rotatable bonds is 14. The molecule has 3 heterocycles. The number of carbonyl (C=O) groups excluding carboxylic acids is 4. The average Bonchev–Trinajstić information content (AvgIpc) is 3.57. The molecular weight excluding hydrogens is 647 g/mol. The van der Waals surface area contributed by atoms with Gasteiger partial charge in [-0.1, -0.05) is 43.7 Å². The Morgan fingerprint density at radius 1 is 1.04 bits per heavy atom. The number of piperazine rings is 1. The standard InChI is InChI=1S/C31H43N6O10P/c1-4-5-17-45-31(41)36-15-13-35(14-16-36)30(40)26(20-48(42,43)47-21-46-22(2)38)33-29(39)25-18-27(37-12-11-24(19-37)44-3)34-28(32-25)23-9-7-6-8-10-23/h6-10,18,24,26H,4-5,11-17,19-21H2,1-3H3,(H,33,39)(H,42,43)/t24-,26-/m0/s1. The summed E-state index contributed by atoms with van der Waals surface area (Å²) in [5.41, 5.74) is 0.596. The van der Waals surface area contributed by atoms with E-state index >= 15 is 0 Å². The third-order valence-corrected chi connectivity index (χ3v) is 9.22. The number of unbranched alkanes of at least 4 members (excludes halogenated alkanes) is 1. The highest BCUT2D eigenvalue weighted by molar-refractivity contribution is 7.52. The van der Waals surface area contributed by atoms with E-state index in [0.717, 1.165) is 26.2 Å². The van der Waals surface area contributed by atoms with Crippen LogP contribution in [0.5, 0.6) is 0 Å². The predicted molar refractivity (Wildman–Crippen MR) is 173 cm³/mol. The van der Waals surface area contributed by atoms with Crippen molar-refractivity contribution in [2.45, 2.75) is 45.3 Å². The molecule has 262 valence electrons. The molecule has 1 unspecified atom stereocenters. The number of methoxy groups -OCH3 is 1. The maximum atomic E-state index is 13.8. The Hall–Kier alpha value is -4.11. The van der Waals surface area contributed by atoms with Gasteiger partial charge in [0, 0.05) is 64.9 Å². The number of hydrogen-bond donors (Lipinski definition) is 2. The number of anilines is 1. The van der Waals surface area contributed by atoms with Crippen molar-refractivity contribution >= 4 is 37.3 Å². The quantitative estimate of drug-likeness (QED) is 0.127. The number of hydrogen-bond acceptors (Lipinski definition) is 12. The number of esters is 1. The van der Waals surface area contributed by atoms with Crippen LogP contribution < -0.4 is 10.2 Å². The molecule has 2 saturated heterocycles. The van der Waals surface area contributed by atoms with Crippen molar-refractivity contribution in [1.29, 1.82) is 0 Å². The number of carbonyl (C=O) groups is 4. The molecule has 0 saturated carbocycles. The van der Waals surface area contributed by atoms with Gasteiger partial charge in [0.2, 0.25) is 12.7 Å². The van der Waals surface area contributed by atoms with E-state index in [1.54, 1.807) is 19.2 Å². The largest absolute Gasteiger partial charge is 0.449 e. The fraction of sp³-hybridized carbons (Fsp3) is 0.548. The van der Waals surface area contributed by atoms with Crippen molar-refractivity contribution in [3.8, 4) is 11.4 Å². The maximum Gasteiger partial charge on any atom is 0.409 e. The molecule has 3 amide bonds. The van der Waals surface area contributed by atoms with Crippen molar-refractivity contribution in [2.75, 3.05) is 70.8 Å². The smallest absolute Gasteiger partial charge is 0.409 e. The molecule has 17 heteroatoms. The minimum atomic E-state index is -4.57. The van der Waals surface area contributed by atoms with E-state index in [1.807, 2.05) is 30.0 Å². The van der Waals surface area contributed by atoms with Gasteiger partial charge in [-0.2, -0.15) is 0 Å². The first-order valence-corrected chi connectivity index (χ1v) is 17.6. The lowest BCUT2D eigenvalue weighted by Crippen LogP contribution is -2.57. The molecule has 1 aromatic heterocycles. The van der Waals surface area contributed by atoms with Crippen molar-refractivity contribution in [3.63, 3.8) is 0 Å². The normalized spacial score (nSPS) is 18.2. The number of nitrogens with zero attached hydrogens (tertiary/aromatic N) is 5. The van der Waals surface area contributed by atoms with Crippen LogP contribution in [-0.4, -0.2) is 127 Å². The zero-order valence-corrected chi connectivity index (χ0v) is 28.3. The first-order chi connectivity index (χ1) is 23.0. The summed E-state index contributed by atoms with van der Waals surface area (Å²) in [7, 11) is -2.94. The van der Waals surface area contributed by atoms with Crippen LogP contribution in [0.2, 0.25) is 0 Å².